The summed E-state index contributed by atoms with van der Waals surface area (Å²) in [6.07, 6.45) is 1.25. The lowest BCUT2D eigenvalue weighted by Crippen LogP contribution is -2.35. The number of hydrogen-bond acceptors (Lipinski definition) is 2. The van der Waals surface area contributed by atoms with Crippen LogP contribution >= 0.6 is 0 Å². The lowest BCUT2D eigenvalue weighted by Gasteiger charge is -2.27. The molecule has 1 aliphatic heterocycles. The molecule has 1 atom stereocenters. The molecule has 0 aliphatic carbocycles. The highest BCUT2D eigenvalue weighted by molar-refractivity contribution is 5.25. The second-order valence-electron chi connectivity index (χ2n) is 3.16. The quantitative estimate of drug-likeness (QED) is 0.663. The fourth-order valence-corrected chi connectivity index (χ4v) is 1.55. The van der Waals surface area contributed by atoms with E-state index >= 15 is 0 Å². The number of hydrogen-bond donors (Lipinski definition) is 1. The molecule has 1 saturated heterocycles. The number of aryl methyl sites for hydroxylation is 2. The first-order valence-corrected chi connectivity index (χ1v) is 4.07. The lowest BCUT2D eigenvalue weighted by molar-refractivity contribution is 0.375. The van der Waals surface area contributed by atoms with E-state index in [2.05, 4.69) is 11.4 Å². The van der Waals surface area contributed by atoms with Gasteiger partial charge in [-0.25, -0.2) is 0 Å². The molecule has 1 fully saturated rings. The summed E-state index contributed by atoms with van der Waals surface area (Å²) in [7, 11) is 0. The van der Waals surface area contributed by atoms with Gasteiger partial charge in [0.1, 0.15) is 11.5 Å². The molecule has 2 heteroatoms. The minimum Gasteiger partial charge on any atom is -0.466 e. The first-order valence-electron chi connectivity index (χ1n) is 4.07. The van der Waals surface area contributed by atoms with Crippen LogP contribution in [0, 0.1) is 13.8 Å². The second kappa shape index (κ2) is 2.38. The molecular formula is C9H13NO. The number of rotatable bonds is 1. The summed E-state index contributed by atoms with van der Waals surface area (Å²) in [5, 5.41) is 3.36. The largest absolute Gasteiger partial charge is 0.466 e. The van der Waals surface area contributed by atoms with Crippen molar-refractivity contribution in [3.63, 3.8) is 0 Å². The average molecular weight is 151 g/mol. The zero-order valence-corrected chi connectivity index (χ0v) is 6.98. The standard InChI is InChI=1S/C9H13NO/c1-6-5-8(7(2)11-6)9-3-4-10-9/h5,9-10H,3-4H2,1-2H3. The first kappa shape index (κ1) is 6.92. The van der Waals surface area contributed by atoms with Crippen LogP contribution in [0.25, 0.3) is 0 Å². The molecule has 1 unspecified atom stereocenters. The number of nitrogens with one attached hydrogen (secondary N) is 1. The molecule has 0 saturated carbocycles. The van der Waals surface area contributed by atoms with E-state index in [1.165, 1.54) is 12.0 Å². The molecule has 2 nitrogen and oxygen atoms in total. The topological polar surface area (TPSA) is 25.2 Å². The average Bonchev–Trinajstić information content (AvgIpc) is 2.07. The van der Waals surface area contributed by atoms with Gasteiger partial charge in [-0.15, -0.1) is 0 Å². The van der Waals surface area contributed by atoms with E-state index in [0.717, 1.165) is 18.1 Å². The Bertz CT molecular complexity index is 261. The molecule has 1 aromatic rings. The van der Waals surface area contributed by atoms with Gasteiger partial charge in [-0.05, 0) is 32.9 Å². The zero-order chi connectivity index (χ0) is 7.84. The lowest BCUT2D eigenvalue weighted by atomic mass is 9.98. The Balaban J connectivity index is 2.28. The van der Waals surface area contributed by atoms with Crippen molar-refractivity contribution in [1.29, 1.82) is 0 Å². The van der Waals surface area contributed by atoms with Gasteiger partial charge >= 0.3 is 0 Å². The fourth-order valence-electron chi connectivity index (χ4n) is 1.55. The third-order valence-corrected chi connectivity index (χ3v) is 2.28. The van der Waals surface area contributed by atoms with E-state index < -0.39 is 0 Å². The Hall–Kier alpha value is -0.760. The van der Waals surface area contributed by atoms with E-state index in [0.29, 0.717) is 6.04 Å². The summed E-state index contributed by atoms with van der Waals surface area (Å²) < 4.78 is 5.43. The Labute approximate surface area is 66.6 Å². The molecule has 0 aromatic carbocycles. The molecule has 2 heterocycles. The van der Waals surface area contributed by atoms with E-state index in [4.69, 9.17) is 4.42 Å². The van der Waals surface area contributed by atoms with Crippen molar-refractivity contribution < 1.29 is 4.42 Å². The molecule has 0 spiro atoms. The van der Waals surface area contributed by atoms with Crippen molar-refractivity contribution >= 4 is 0 Å². The van der Waals surface area contributed by atoms with E-state index in [1.54, 1.807) is 0 Å². The molecular weight excluding hydrogens is 138 g/mol. The van der Waals surface area contributed by atoms with Crippen LogP contribution < -0.4 is 5.32 Å². The van der Waals surface area contributed by atoms with Gasteiger partial charge in [0, 0.05) is 11.6 Å². The zero-order valence-electron chi connectivity index (χ0n) is 6.98. The third kappa shape index (κ3) is 1.07. The molecule has 1 aromatic heterocycles. The van der Waals surface area contributed by atoms with E-state index in [1.807, 2.05) is 13.8 Å². The second-order valence-corrected chi connectivity index (χ2v) is 3.16. The van der Waals surface area contributed by atoms with Crippen LogP contribution in [0.3, 0.4) is 0 Å². The summed E-state index contributed by atoms with van der Waals surface area (Å²) in [6.45, 7) is 5.17. The molecule has 0 bridgehead atoms. The molecule has 11 heavy (non-hydrogen) atoms. The number of furan rings is 1. The highest BCUT2D eigenvalue weighted by atomic mass is 16.3. The molecule has 60 valence electrons. The van der Waals surface area contributed by atoms with Crippen LogP contribution in [-0.4, -0.2) is 6.54 Å². The molecule has 1 N–H and O–H groups in total. The maximum atomic E-state index is 5.43. The monoisotopic (exact) mass is 151 g/mol. The maximum Gasteiger partial charge on any atom is 0.105 e. The van der Waals surface area contributed by atoms with Crippen LogP contribution in [-0.2, 0) is 0 Å². The third-order valence-electron chi connectivity index (χ3n) is 2.28. The van der Waals surface area contributed by atoms with Crippen molar-refractivity contribution in [1.82, 2.24) is 5.32 Å². The Morgan fingerprint density at radius 2 is 2.27 bits per heavy atom. The smallest absolute Gasteiger partial charge is 0.105 e. The normalized spacial score (nSPS) is 23.3. The van der Waals surface area contributed by atoms with Gasteiger partial charge in [0.15, 0.2) is 0 Å². The van der Waals surface area contributed by atoms with E-state index in [-0.39, 0.29) is 0 Å². The van der Waals surface area contributed by atoms with Crippen molar-refractivity contribution in [2.24, 2.45) is 0 Å². The van der Waals surface area contributed by atoms with Crippen molar-refractivity contribution in [3.8, 4) is 0 Å². The highest BCUT2D eigenvalue weighted by Crippen LogP contribution is 2.27. The van der Waals surface area contributed by atoms with Gasteiger partial charge in [0.25, 0.3) is 0 Å². The summed E-state index contributed by atoms with van der Waals surface area (Å²) in [4.78, 5) is 0. The summed E-state index contributed by atoms with van der Waals surface area (Å²) in [5.41, 5.74) is 1.34. The van der Waals surface area contributed by atoms with Crippen LogP contribution in [0.15, 0.2) is 10.5 Å². The molecule has 0 amide bonds. The van der Waals surface area contributed by atoms with Crippen LogP contribution in [0.1, 0.15) is 29.5 Å². The van der Waals surface area contributed by atoms with Crippen LogP contribution in [0.4, 0.5) is 0 Å². The Morgan fingerprint density at radius 1 is 1.55 bits per heavy atom. The van der Waals surface area contributed by atoms with Gasteiger partial charge in [-0.3, -0.25) is 0 Å². The Morgan fingerprint density at radius 3 is 2.64 bits per heavy atom. The van der Waals surface area contributed by atoms with Gasteiger partial charge in [-0.1, -0.05) is 0 Å². The predicted molar refractivity (Wildman–Crippen MR) is 43.5 cm³/mol. The van der Waals surface area contributed by atoms with Crippen molar-refractivity contribution in [2.75, 3.05) is 6.54 Å². The van der Waals surface area contributed by atoms with Crippen LogP contribution in [0.5, 0.6) is 0 Å². The highest BCUT2D eigenvalue weighted by Gasteiger charge is 2.22. The minimum atomic E-state index is 0.562. The van der Waals surface area contributed by atoms with E-state index in [9.17, 15) is 0 Å². The van der Waals surface area contributed by atoms with Crippen molar-refractivity contribution in [2.45, 2.75) is 26.3 Å². The summed E-state index contributed by atoms with van der Waals surface area (Å²) >= 11 is 0. The van der Waals surface area contributed by atoms with Gasteiger partial charge in [-0.2, -0.15) is 0 Å². The molecule has 1 aliphatic rings. The maximum absolute atomic E-state index is 5.43. The van der Waals surface area contributed by atoms with Gasteiger partial charge in [0.05, 0.1) is 0 Å². The first-order chi connectivity index (χ1) is 5.27. The minimum absolute atomic E-state index is 0.562. The van der Waals surface area contributed by atoms with Gasteiger partial charge < -0.3 is 9.73 Å². The van der Waals surface area contributed by atoms with Gasteiger partial charge in [0.2, 0.25) is 0 Å². The fraction of sp³-hybridized carbons (Fsp3) is 0.556. The molecule has 2 rings (SSSR count). The summed E-state index contributed by atoms with van der Waals surface area (Å²) in [5.74, 6) is 2.09. The SMILES string of the molecule is Cc1cc(C2CCN2)c(C)o1. The van der Waals surface area contributed by atoms with Crippen LogP contribution in [0.2, 0.25) is 0 Å². The van der Waals surface area contributed by atoms with Crippen molar-refractivity contribution in [3.05, 3.63) is 23.2 Å². The predicted octanol–water partition coefficient (Wildman–Crippen LogP) is 1.93. The molecule has 0 radical (unpaired) electrons. The Kier molecular flexibility index (Phi) is 1.50. The summed E-state index contributed by atoms with van der Waals surface area (Å²) in [6, 6.07) is 2.69.